The van der Waals surface area contributed by atoms with E-state index in [1.165, 1.54) is 12.2 Å². The monoisotopic (exact) mass is 800 g/mol. The van der Waals surface area contributed by atoms with Crippen molar-refractivity contribution in [3.63, 3.8) is 0 Å². The molecule has 55 heavy (non-hydrogen) atoms. The summed E-state index contributed by atoms with van der Waals surface area (Å²) in [6, 6.07) is -1.42. The third-order valence-corrected chi connectivity index (χ3v) is 12.7. The Morgan fingerprint density at radius 1 is 1.05 bits per heavy atom. The Kier molecular flexibility index (Phi) is 13.3. The molecule has 0 aromatic heterocycles. The second-order valence-corrected chi connectivity index (χ2v) is 16.6. The van der Waals surface area contributed by atoms with Gasteiger partial charge in [-0.1, -0.05) is 25.0 Å². The maximum Gasteiger partial charge on any atom is 0.329 e. The molecule has 5 aliphatic rings. The van der Waals surface area contributed by atoms with Crippen LogP contribution in [-0.4, -0.2) is 111 Å². The average molecular weight is 801 g/mol. The van der Waals surface area contributed by atoms with Gasteiger partial charge in [0.1, 0.15) is 6.04 Å². The van der Waals surface area contributed by atoms with E-state index in [-0.39, 0.29) is 38.3 Å². The van der Waals surface area contributed by atoms with Crippen LogP contribution < -0.4 is 5.32 Å². The summed E-state index contributed by atoms with van der Waals surface area (Å²) in [7, 11) is 0. The Labute approximate surface area is 324 Å². The maximum atomic E-state index is 17.7. The van der Waals surface area contributed by atoms with Crippen molar-refractivity contribution < 1.29 is 67.7 Å². The van der Waals surface area contributed by atoms with Crippen LogP contribution in [0.1, 0.15) is 98.3 Å². The number of hydrogen-bond acceptors (Lipinski definition) is 14. The van der Waals surface area contributed by atoms with Crippen molar-refractivity contribution in [2.45, 2.75) is 134 Å². The first-order valence-corrected chi connectivity index (χ1v) is 19.6. The van der Waals surface area contributed by atoms with E-state index < -0.39 is 100 Å². The SMILES string of the molecule is CC1(C)O[C@@H]2C[C@H]3[C@@H]4CCC5=CC(=O)C=C[C@]5(C)[C@@]4(F)[C@@H](O)C[C@]3(C)[C@]2(C(=O)COC(=O)CC(NC(=O)CCCCCON(O)O)C(=O)OCCCCCl)O1. The third kappa shape index (κ3) is 8.29. The van der Waals surface area contributed by atoms with Gasteiger partial charge in [0, 0.05) is 29.0 Å². The molecular weight excluding hydrogens is 747 g/mol. The highest BCUT2D eigenvalue weighted by Crippen LogP contribution is 2.72. The Morgan fingerprint density at radius 3 is 2.49 bits per heavy atom. The van der Waals surface area contributed by atoms with Crippen LogP contribution in [-0.2, 0) is 47.8 Å². The number of nitrogens with zero attached hydrogens (tertiary/aromatic N) is 1. The van der Waals surface area contributed by atoms with E-state index in [9.17, 15) is 29.1 Å². The second-order valence-electron chi connectivity index (χ2n) is 16.2. The summed E-state index contributed by atoms with van der Waals surface area (Å²) in [5.41, 5.74) is -5.61. The fourth-order valence-corrected chi connectivity index (χ4v) is 10.1. The summed E-state index contributed by atoms with van der Waals surface area (Å²) < 4.78 is 41.3. The topological polar surface area (TPSA) is 207 Å². The number of carbonyl (C=O) groups excluding carboxylic acids is 5. The van der Waals surface area contributed by atoms with Crippen LogP contribution in [0.2, 0.25) is 0 Å². The summed E-state index contributed by atoms with van der Waals surface area (Å²) in [5, 5.41) is 31.1. The predicted molar refractivity (Wildman–Crippen MR) is 190 cm³/mol. The largest absolute Gasteiger partial charge is 0.464 e. The Bertz CT molecular complexity index is 1560. The average Bonchev–Trinajstić information content (AvgIpc) is 3.52. The zero-order chi connectivity index (χ0) is 40.4. The van der Waals surface area contributed by atoms with E-state index in [4.69, 9.17) is 41.0 Å². The number of amides is 1. The van der Waals surface area contributed by atoms with Crippen molar-refractivity contribution in [2.24, 2.45) is 22.7 Å². The molecule has 308 valence electrons. The number of Topliss-reactive ketones (excluding diaryl/α,β-unsaturated/α-hetero) is 1. The molecule has 1 saturated heterocycles. The van der Waals surface area contributed by atoms with Gasteiger partial charge in [-0.3, -0.25) is 34.4 Å². The fraction of sp³-hybridized carbons (Fsp3) is 0.763. The van der Waals surface area contributed by atoms with Crippen LogP contribution in [0.4, 0.5) is 4.39 Å². The Hall–Kier alpha value is -2.83. The van der Waals surface area contributed by atoms with E-state index in [2.05, 4.69) is 10.2 Å². The minimum absolute atomic E-state index is 0.00334. The highest BCUT2D eigenvalue weighted by Gasteiger charge is 2.80. The summed E-state index contributed by atoms with van der Waals surface area (Å²) >= 11 is 5.71. The lowest BCUT2D eigenvalue weighted by molar-refractivity contribution is -0.492. The van der Waals surface area contributed by atoms with Crippen molar-refractivity contribution in [1.29, 1.82) is 0 Å². The standard InChI is InChI=1S/C38H54ClFN2O13/c1-34(2)54-30-19-26-25-12-11-23-18-24(43)13-14-35(23,3)37(25,40)28(44)21-36(26,4)38(30,55-34)29(45)22-52-32(47)20-27(33(48)51-16-9-7-15-39)41-31(46)10-6-5-8-17-53-42(49)50/h13-14,18,25-28,30,44,49-50H,5-12,15-17,19-22H2,1-4H3,(H,41,46)/t25-,26-,27?,28-,30+,35-,36-,37-,38+/m0/s1. The molecule has 9 atom stereocenters. The zero-order valence-corrected chi connectivity index (χ0v) is 32.6. The summed E-state index contributed by atoms with van der Waals surface area (Å²) in [6.07, 6.45) is 4.49. The first kappa shape index (κ1) is 43.3. The number of aliphatic hydroxyl groups excluding tert-OH is 1. The van der Waals surface area contributed by atoms with E-state index in [0.717, 1.165) is 0 Å². The molecule has 0 aromatic rings. The van der Waals surface area contributed by atoms with Gasteiger partial charge < -0.3 is 29.4 Å². The van der Waals surface area contributed by atoms with Crippen LogP contribution >= 0.6 is 11.6 Å². The number of unbranched alkanes of at least 4 members (excludes halogenated alkanes) is 3. The number of carbonyl (C=O) groups is 5. The molecule has 0 radical (unpaired) electrons. The van der Waals surface area contributed by atoms with E-state index in [1.807, 2.05) is 0 Å². The van der Waals surface area contributed by atoms with Gasteiger partial charge in [-0.25, -0.2) is 9.18 Å². The number of rotatable bonds is 18. The molecule has 1 aliphatic heterocycles. The van der Waals surface area contributed by atoms with Gasteiger partial charge in [-0.2, -0.15) is 0 Å². The van der Waals surface area contributed by atoms with E-state index >= 15 is 4.39 Å². The molecule has 4 aliphatic carbocycles. The molecule has 1 amide bonds. The van der Waals surface area contributed by atoms with Gasteiger partial charge in [-0.05, 0) is 90.2 Å². The Morgan fingerprint density at radius 2 is 1.78 bits per heavy atom. The second kappa shape index (κ2) is 16.9. The number of hydrogen-bond donors (Lipinski definition) is 4. The molecular formula is C38H54ClFN2O13. The third-order valence-electron chi connectivity index (χ3n) is 12.4. The molecule has 0 aromatic carbocycles. The number of esters is 2. The molecule has 15 nitrogen and oxygen atoms in total. The minimum Gasteiger partial charge on any atom is -0.464 e. The lowest BCUT2D eigenvalue weighted by Gasteiger charge is -2.62. The van der Waals surface area contributed by atoms with Gasteiger partial charge in [-0.15, -0.1) is 11.6 Å². The number of aliphatic hydroxyl groups is 1. The minimum atomic E-state index is -2.14. The van der Waals surface area contributed by atoms with Gasteiger partial charge in [0.05, 0.1) is 37.2 Å². The van der Waals surface area contributed by atoms with Crippen molar-refractivity contribution in [3.8, 4) is 0 Å². The summed E-state index contributed by atoms with van der Waals surface area (Å²) in [5.74, 6) is -5.31. The van der Waals surface area contributed by atoms with Gasteiger partial charge in [0.15, 0.2) is 29.4 Å². The number of ketones is 2. The van der Waals surface area contributed by atoms with Crippen LogP contribution in [0.15, 0.2) is 23.8 Å². The first-order chi connectivity index (χ1) is 25.8. The van der Waals surface area contributed by atoms with Gasteiger partial charge >= 0.3 is 11.9 Å². The van der Waals surface area contributed by atoms with Crippen molar-refractivity contribution >= 4 is 41.0 Å². The Balaban J connectivity index is 1.29. The summed E-state index contributed by atoms with van der Waals surface area (Å²) in [4.78, 5) is 70.2. The van der Waals surface area contributed by atoms with Crippen LogP contribution in [0.25, 0.3) is 0 Å². The molecule has 5 rings (SSSR count). The van der Waals surface area contributed by atoms with Gasteiger partial charge in [0.25, 0.3) is 0 Å². The molecule has 0 bridgehead atoms. The number of halogens is 2. The number of ether oxygens (including phenoxy) is 4. The molecule has 4 fully saturated rings. The predicted octanol–water partition coefficient (Wildman–Crippen LogP) is 3.98. The number of fused-ring (bicyclic) bond motifs is 7. The molecule has 0 spiro atoms. The first-order valence-electron chi connectivity index (χ1n) is 19.1. The number of nitrogens with one attached hydrogen (secondary N) is 1. The lowest BCUT2D eigenvalue weighted by Crippen LogP contribution is -2.70. The highest BCUT2D eigenvalue weighted by atomic mass is 35.5. The smallest absolute Gasteiger partial charge is 0.329 e. The van der Waals surface area contributed by atoms with Crippen LogP contribution in [0.5, 0.6) is 0 Å². The molecule has 4 N–H and O–H groups in total. The lowest BCUT2D eigenvalue weighted by atomic mass is 9.44. The van der Waals surface area contributed by atoms with Crippen LogP contribution in [0, 0.1) is 22.7 Å². The maximum absolute atomic E-state index is 17.7. The fourth-order valence-electron chi connectivity index (χ4n) is 9.93. The van der Waals surface area contributed by atoms with Gasteiger partial charge in [0.2, 0.25) is 11.7 Å². The van der Waals surface area contributed by atoms with E-state index in [1.54, 1.807) is 33.8 Å². The van der Waals surface area contributed by atoms with Crippen molar-refractivity contribution in [3.05, 3.63) is 23.8 Å². The molecule has 17 heteroatoms. The zero-order valence-electron chi connectivity index (χ0n) is 31.9. The van der Waals surface area contributed by atoms with Crippen LogP contribution in [0.3, 0.4) is 0 Å². The summed E-state index contributed by atoms with van der Waals surface area (Å²) in [6.45, 7) is 6.05. The van der Waals surface area contributed by atoms with E-state index in [0.29, 0.717) is 56.4 Å². The molecule has 1 unspecified atom stereocenters. The normalized spacial score (nSPS) is 34.9. The highest BCUT2D eigenvalue weighted by molar-refractivity contribution is 6.17. The molecule has 1 heterocycles. The quantitative estimate of drug-likeness (QED) is 0.0670. The van der Waals surface area contributed by atoms with Crippen molar-refractivity contribution in [2.75, 3.05) is 25.7 Å². The number of allylic oxidation sites excluding steroid dienone is 4. The molecule has 3 saturated carbocycles. The van der Waals surface area contributed by atoms with Crippen molar-refractivity contribution in [1.82, 2.24) is 10.7 Å². The number of alkyl halides is 2.